The van der Waals surface area contributed by atoms with Crippen LogP contribution in [0.4, 0.5) is 0 Å². The van der Waals surface area contributed by atoms with E-state index in [0.717, 1.165) is 0 Å². The molecular formula is C15H13Cl2NO2. The first-order chi connectivity index (χ1) is 9.45. The van der Waals surface area contributed by atoms with Crippen molar-refractivity contribution in [1.29, 1.82) is 0 Å². The molecular weight excluding hydrogens is 297 g/mol. The fourth-order valence-corrected chi connectivity index (χ4v) is 2.60. The molecule has 0 aliphatic heterocycles. The summed E-state index contributed by atoms with van der Waals surface area (Å²) >= 11 is 12.1. The van der Waals surface area contributed by atoms with Crippen LogP contribution < -0.4 is 5.56 Å². The number of pyridine rings is 1. The minimum atomic E-state index is -0.302. The number of carbonyl (C=O) groups excluding carboxylic acids is 1. The number of hydrogen-bond donors (Lipinski definition) is 0. The number of benzene rings is 1. The van der Waals surface area contributed by atoms with Crippen LogP contribution in [-0.4, -0.2) is 10.4 Å². The van der Waals surface area contributed by atoms with E-state index in [9.17, 15) is 9.59 Å². The van der Waals surface area contributed by atoms with Gasteiger partial charge in [-0.2, -0.15) is 0 Å². The van der Waals surface area contributed by atoms with Crippen molar-refractivity contribution in [3.63, 3.8) is 0 Å². The molecule has 1 aromatic carbocycles. The molecule has 2 aromatic rings. The van der Waals surface area contributed by atoms with Gasteiger partial charge in [-0.3, -0.25) is 9.59 Å². The number of aromatic nitrogens is 1. The van der Waals surface area contributed by atoms with Gasteiger partial charge in [-0.25, -0.2) is 0 Å². The first-order valence-electron chi connectivity index (χ1n) is 6.16. The Morgan fingerprint density at radius 1 is 1.20 bits per heavy atom. The zero-order chi connectivity index (χ0) is 14.9. The molecule has 104 valence electrons. The van der Waals surface area contributed by atoms with Gasteiger partial charge in [0.2, 0.25) is 0 Å². The maximum atomic E-state index is 12.3. The maximum Gasteiger partial charge on any atom is 0.261 e. The van der Waals surface area contributed by atoms with Gasteiger partial charge in [-0.05, 0) is 44.2 Å². The van der Waals surface area contributed by atoms with Crippen LogP contribution >= 0.6 is 23.2 Å². The molecule has 0 saturated carbocycles. The van der Waals surface area contributed by atoms with E-state index in [0.29, 0.717) is 27.8 Å². The second-order valence-electron chi connectivity index (χ2n) is 4.36. The molecule has 0 aliphatic carbocycles. The van der Waals surface area contributed by atoms with Gasteiger partial charge in [-0.15, -0.1) is 0 Å². The predicted octanol–water partition coefficient (Wildman–Crippen LogP) is 4.04. The molecule has 0 fully saturated rings. The Morgan fingerprint density at radius 2 is 1.90 bits per heavy atom. The zero-order valence-corrected chi connectivity index (χ0v) is 12.6. The Bertz CT molecular complexity index is 735. The molecule has 0 radical (unpaired) electrons. The molecule has 0 unspecified atom stereocenters. The highest BCUT2D eigenvalue weighted by Crippen LogP contribution is 2.29. The topological polar surface area (TPSA) is 39.1 Å². The van der Waals surface area contributed by atoms with Crippen molar-refractivity contribution >= 4 is 29.0 Å². The number of carbonyl (C=O) groups is 1. The SMILES string of the molecule is CCn1c(-c2ccc(Cl)cc2Cl)ccc(C(C)=O)c1=O. The summed E-state index contributed by atoms with van der Waals surface area (Å²) in [5.74, 6) is -0.244. The second kappa shape index (κ2) is 5.81. The fourth-order valence-electron chi connectivity index (χ4n) is 2.09. The molecule has 20 heavy (non-hydrogen) atoms. The fraction of sp³-hybridized carbons (Fsp3) is 0.200. The van der Waals surface area contributed by atoms with Crippen molar-refractivity contribution in [3.8, 4) is 11.3 Å². The summed E-state index contributed by atoms with van der Waals surface area (Å²) in [4.78, 5) is 23.7. The molecule has 1 aromatic heterocycles. The van der Waals surface area contributed by atoms with Crippen molar-refractivity contribution in [2.45, 2.75) is 20.4 Å². The molecule has 2 rings (SSSR count). The summed E-state index contributed by atoms with van der Waals surface area (Å²) in [5, 5.41) is 0.999. The molecule has 0 spiro atoms. The van der Waals surface area contributed by atoms with Crippen LogP contribution in [-0.2, 0) is 6.54 Å². The third-order valence-corrected chi connectivity index (χ3v) is 3.62. The summed E-state index contributed by atoms with van der Waals surface area (Å²) in [5.41, 5.74) is 1.26. The Kier molecular flexibility index (Phi) is 4.31. The quantitative estimate of drug-likeness (QED) is 0.802. The molecule has 3 nitrogen and oxygen atoms in total. The first kappa shape index (κ1) is 14.8. The van der Waals surface area contributed by atoms with Gasteiger partial charge in [0, 0.05) is 17.1 Å². The number of halogens is 2. The van der Waals surface area contributed by atoms with Gasteiger partial charge in [0.25, 0.3) is 5.56 Å². The molecule has 0 aliphatic rings. The average molecular weight is 310 g/mol. The third-order valence-electron chi connectivity index (χ3n) is 3.08. The lowest BCUT2D eigenvalue weighted by molar-refractivity contribution is 0.101. The summed E-state index contributed by atoms with van der Waals surface area (Å²) in [7, 11) is 0. The maximum absolute atomic E-state index is 12.3. The van der Waals surface area contributed by atoms with Crippen LogP contribution in [0.2, 0.25) is 10.0 Å². The Labute approximate surface area is 126 Å². The third kappa shape index (κ3) is 2.65. The highest BCUT2D eigenvalue weighted by Gasteiger charge is 2.14. The minimum absolute atomic E-state index is 0.181. The van der Waals surface area contributed by atoms with Crippen molar-refractivity contribution in [2.75, 3.05) is 0 Å². The van der Waals surface area contributed by atoms with Crippen molar-refractivity contribution in [1.82, 2.24) is 4.57 Å². The second-order valence-corrected chi connectivity index (χ2v) is 5.21. The number of Topliss-reactive ketones (excluding diaryl/α,β-unsaturated/α-hetero) is 1. The number of nitrogens with zero attached hydrogens (tertiary/aromatic N) is 1. The van der Waals surface area contributed by atoms with E-state index in [1.807, 2.05) is 6.92 Å². The van der Waals surface area contributed by atoms with E-state index in [2.05, 4.69) is 0 Å². The van der Waals surface area contributed by atoms with E-state index >= 15 is 0 Å². The molecule has 0 amide bonds. The Balaban J connectivity index is 2.72. The monoisotopic (exact) mass is 309 g/mol. The number of rotatable bonds is 3. The van der Waals surface area contributed by atoms with Gasteiger partial charge in [0.15, 0.2) is 5.78 Å². The van der Waals surface area contributed by atoms with Gasteiger partial charge in [0.1, 0.15) is 0 Å². The van der Waals surface area contributed by atoms with E-state index in [1.54, 1.807) is 24.3 Å². The Hall–Kier alpha value is -1.58. The largest absolute Gasteiger partial charge is 0.308 e. The summed E-state index contributed by atoms with van der Waals surface area (Å²) in [6.45, 7) is 3.68. The van der Waals surface area contributed by atoms with Gasteiger partial charge < -0.3 is 4.57 Å². The van der Waals surface area contributed by atoms with Crippen LogP contribution in [0.15, 0.2) is 35.1 Å². The van der Waals surface area contributed by atoms with Gasteiger partial charge in [0.05, 0.1) is 16.3 Å². The van der Waals surface area contributed by atoms with E-state index in [4.69, 9.17) is 23.2 Å². The Morgan fingerprint density at radius 3 is 2.45 bits per heavy atom. The zero-order valence-electron chi connectivity index (χ0n) is 11.1. The summed E-state index contributed by atoms with van der Waals surface area (Å²) in [6, 6.07) is 8.38. The van der Waals surface area contributed by atoms with Crippen LogP contribution in [0.25, 0.3) is 11.3 Å². The van der Waals surface area contributed by atoms with Crippen LogP contribution in [0, 0.1) is 0 Å². The van der Waals surface area contributed by atoms with Gasteiger partial charge >= 0.3 is 0 Å². The first-order valence-corrected chi connectivity index (χ1v) is 6.91. The summed E-state index contributed by atoms with van der Waals surface area (Å²) < 4.78 is 1.53. The van der Waals surface area contributed by atoms with Crippen LogP contribution in [0.1, 0.15) is 24.2 Å². The molecule has 1 heterocycles. The lowest BCUT2D eigenvalue weighted by Gasteiger charge is -2.13. The molecule has 5 heteroatoms. The van der Waals surface area contributed by atoms with Crippen LogP contribution in [0.3, 0.4) is 0 Å². The molecule has 0 bridgehead atoms. The van der Waals surface area contributed by atoms with Gasteiger partial charge in [-0.1, -0.05) is 23.2 Å². The van der Waals surface area contributed by atoms with Crippen LogP contribution in [0.5, 0.6) is 0 Å². The minimum Gasteiger partial charge on any atom is -0.308 e. The highest BCUT2D eigenvalue weighted by molar-refractivity contribution is 6.36. The smallest absolute Gasteiger partial charge is 0.261 e. The lowest BCUT2D eigenvalue weighted by atomic mass is 10.1. The predicted molar refractivity (Wildman–Crippen MR) is 81.8 cm³/mol. The van der Waals surface area contributed by atoms with Crippen molar-refractivity contribution < 1.29 is 4.79 Å². The number of ketones is 1. The molecule has 0 N–H and O–H groups in total. The standard InChI is InChI=1S/C15H13Cl2NO2/c1-3-18-14(7-6-11(9(2)19)15(18)20)12-5-4-10(16)8-13(12)17/h4-8H,3H2,1-2H3. The van der Waals surface area contributed by atoms with E-state index in [-0.39, 0.29) is 16.9 Å². The van der Waals surface area contributed by atoms with Crippen molar-refractivity contribution in [2.24, 2.45) is 0 Å². The molecule has 0 atom stereocenters. The van der Waals surface area contributed by atoms with Crippen molar-refractivity contribution in [3.05, 3.63) is 56.3 Å². The number of hydrogen-bond acceptors (Lipinski definition) is 2. The summed E-state index contributed by atoms with van der Waals surface area (Å²) in [6.07, 6.45) is 0. The lowest BCUT2D eigenvalue weighted by Crippen LogP contribution is -2.26. The average Bonchev–Trinajstić information content (AvgIpc) is 2.38. The molecule has 0 saturated heterocycles. The van der Waals surface area contributed by atoms with E-state index < -0.39 is 0 Å². The highest BCUT2D eigenvalue weighted by atomic mass is 35.5. The van der Waals surface area contributed by atoms with E-state index in [1.165, 1.54) is 17.6 Å². The normalized spacial score (nSPS) is 10.6.